The highest BCUT2D eigenvalue weighted by atomic mass is 35.5. The van der Waals surface area contributed by atoms with E-state index in [1.165, 1.54) is 0 Å². The minimum Gasteiger partial charge on any atom is -0.506 e. The van der Waals surface area contributed by atoms with Gasteiger partial charge >= 0.3 is 0 Å². The van der Waals surface area contributed by atoms with E-state index in [0.29, 0.717) is 11.6 Å². The summed E-state index contributed by atoms with van der Waals surface area (Å²) in [5, 5.41) is 13.8. The summed E-state index contributed by atoms with van der Waals surface area (Å²) >= 11 is 5.89. The first-order valence-electron chi connectivity index (χ1n) is 6.30. The summed E-state index contributed by atoms with van der Waals surface area (Å²) in [5.74, 6) is 0.193. The van der Waals surface area contributed by atoms with Gasteiger partial charge < -0.3 is 10.4 Å². The smallest absolute Gasteiger partial charge is 0.138 e. The highest BCUT2D eigenvalue weighted by molar-refractivity contribution is 6.32. The molecule has 0 saturated carbocycles. The lowest BCUT2D eigenvalue weighted by molar-refractivity contribution is 0.286. The molecule has 0 aliphatic carbocycles. The number of hydrogen-bond donors (Lipinski definition) is 2. The van der Waals surface area contributed by atoms with Crippen molar-refractivity contribution in [1.82, 2.24) is 5.32 Å². The number of phenols is 1. The first-order chi connectivity index (χ1) is 8.08. The van der Waals surface area contributed by atoms with Crippen LogP contribution >= 0.6 is 11.6 Å². The molecule has 0 atom stereocenters. The Kier molecular flexibility index (Phi) is 5.29. The lowest BCUT2D eigenvalue weighted by atomic mass is 9.89. The SMILES string of the molecule is CCC(CC)(CC)NCc1cccc(Cl)c1O. The summed E-state index contributed by atoms with van der Waals surface area (Å²) in [4.78, 5) is 0. The van der Waals surface area contributed by atoms with E-state index < -0.39 is 0 Å². The summed E-state index contributed by atoms with van der Waals surface area (Å²) < 4.78 is 0. The Morgan fingerprint density at radius 3 is 2.29 bits per heavy atom. The molecule has 2 N–H and O–H groups in total. The fourth-order valence-electron chi connectivity index (χ4n) is 2.11. The second-order valence-electron chi connectivity index (χ2n) is 4.44. The molecule has 0 spiro atoms. The van der Waals surface area contributed by atoms with Gasteiger partial charge in [0, 0.05) is 17.6 Å². The fraction of sp³-hybridized carbons (Fsp3) is 0.571. The average Bonchev–Trinajstić information content (AvgIpc) is 2.36. The van der Waals surface area contributed by atoms with Gasteiger partial charge in [0.2, 0.25) is 0 Å². The lowest BCUT2D eigenvalue weighted by Gasteiger charge is -2.32. The van der Waals surface area contributed by atoms with E-state index in [-0.39, 0.29) is 11.3 Å². The predicted molar refractivity (Wildman–Crippen MR) is 73.6 cm³/mol. The van der Waals surface area contributed by atoms with Gasteiger partial charge in [-0.25, -0.2) is 0 Å². The number of para-hydroxylation sites is 1. The molecule has 0 unspecified atom stereocenters. The molecule has 0 saturated heterocycles. The van der Waals surface area contributed by atoms with Crippen LogP contribution in [0.2, 0.25) is 5.02 Å². The van der Waals surface area contributed by atoms with Crippen molar-refractivity contribution in [2.75, 3.05) is 0 Å². The predicted octanol–water partition coefficient (Wildman–Crippen LogP) is 4.10. The number of hydrogen-bond acceptors (Lipinski definition) is 2. The van der Waals surface area contributed by atoms with Crippen LogP contribution in [0.5, 0.6) is 5.75 Å². The molecule has 0 amide bonds. The van der Waals surface area contributed by atoms with Crippen molar-refractivity contribution in [3.63, 3.8) is 0 Å². The van der Waals surface area contributed by atoms with Crippen LogP contribution in [0, 0.1) is 0 Å². The minimum absolute atomic E-state index is 0.161. The standard InChI is InChI=1S/C14H22ClNO/c1-4-14(5-2,6-3)16-10-11-8-7-9-12(15)13(11)17/h7-9,16-17H,4-6,10H2,1-3H3. The van der Waals surface area contributed by atoms with Gasteiger partial charge in [0.1, 0.15) is 5.75 Å². The Morgan fingerprint density at radius 2 is 1.76 bits per heavy atom. The van der Waals surface area contributed by atoms with Crippen LogP contribution in [0.4, 0.5) is 0 Å². The maximum Gasteiger partial charge on any atom is 0.138 e. The van der Waals surface area contributed by atoms with E-state index in [4.69, 9.17) is 11.6 Å². The largest absolute Gasteiger partial charge is 0.506 e. The first kappa shape index (κ1) is 14.3. The summed E-state index contributed by atoms with van der Waals surface area (Å²) in [7, 11) is 0. The van der Waals surface area contributed by atoms with Crippen LogP contribution in [0.1, 0.15) is 45.6 Å². The molecule has 1 aromatic carbocycles. The summed E-state index contributed by atoms with van der Waals surface area (Å²) in [6.45, 7) is 7.23. The number of aromatic hydroxyl groups is 1. The molecule has 0 heterocycles. The van der Waals surface area contributed by atoms with E-state index >= 15 is 0 Å². The molecule has 3 heteroatoms. The van der Waals surface area contributed by atoms with Crippen LogP contribution < -0.4 is 5.32 Å². The fourth-order valence-corrected chi connectivity index (χ4v) is 2.30. The number of phenolic OH excluding ortho intramolecular Hbond substituents is 1. The van der Waals surface area contributed by atoms with E-state index in [2.05, 4.69) is 26.1 Å². The number of nitrogens with one attached hydrogen (secondary N) is 1. The number of benzene rings is 1. The Labute approximate surface area is 109 Å². The Hall–Kier alpha value is -0.730. The van der Waals surface area contributed by atoms with Gasteiger partial charge in [0.05, 0.1) is 5.02 Å². The zero-order valence-electron chi connectivity index (χ0n) is 10.9. The first-order valence-corrected chi connectivity index (χ1v) is 6.67. The Bertz CT molecular complexity index is 353. The van der Waals surface area contributed by atoms with Crippen LogP contribution in [-0.2, 0) is 6.54 Å². The summed E-state index contributed by atoms with van der Waals surface area (Å²) in [6, 6.07) is 5.47. The van der Waals surface area contributed by atoms with Gasteiger partial charge in [0.15, 0.2) is 0 Å². The molecule has 0 aliphatic rings. The topological polar surface area (TPSA) is 32.3 Å². The molecule has 2 nitrogen and oxygen atoms in total. The summed E-state index contributed by atoms with van der Waals surface area (Å²) in [5.41, 5.74) is 1.02. The highest BCUT2D eigenvalue weighted by Crippen LogP contribution is 2.28. The van der Waals surface area contributed by atoms with Gasteiger partial charge in [0.25, 0.3) is 0 Å². The van der Waals surface area contributed by atoms with Gasteiger partial charge in [-0.3, -0.25) is 0 Å². The van der Waals surface area contributed by atoms with E-state index in [1.807, 2.05) is 12.1 Å². The molecule has 0 bridgehead atoms. The van der Waals surface area contributed by atoms with Gasteiger partial charge in [-0.15, -0.1) is 0 Å². The van der Waals surface area contributed by atoms with Crippen molar-refractivity contribution in [2.24, 2.45) is 0 Å². The molecular weight excluding hydrogens is 234 g/mol. The molecule has 1 aromatic rings. The maximum absolute atomic E-state index is 9.84. The Balaban J connectivity index is 2.75. The number of rotatable bonds is 6. The highest BCUT2D eigenvalue weighted by Gasteiger charge is 2.23. The van der Waals surface area contributed by atoms with E-state index in [1.54, 1.807) is 6.07 Å². The molecule has 0 aromatic heterocycles. The minimum atomic E-state index is 0.161. The van der Waals surface area contributed by atoms with Crippen LogP contribution in [0.15, 0.2) is 18.2 Å². The van der Waals surface area contributed by atoms with Crippen molar-refractivity contribution >= 4 is 11.6 Å². The quantitative estimate of drug-likeness (QED) is 0.802. The molecule has 1 rings (SSSR count). The maximum atomic E-state index is 9.84. The lowest BCUT2D eigenvalue weighted by Crippen LogP contribution is -2.43. The van der Waals surface area contributed by atoms with Gasteiger partial charge in [-0.1, -0.05) is 44.5 Å². The van der Waals surface area contributed by atoms with Crippen molar-refractivity contribution in [3.8, 4) is 5.75 Å². The van der Waals surface area contributed by atoms with Crippen molar-refractivity contribution in [2.45, 2.75) is 52.1 Å². The molecule has 17 heavy (non-hydrogen) atoms. The third kappa shape index (κ3) is 3.36. The molecule has 96 valence electrons. The Morgan fingerprint density at radius 1 is 1.18 bits per heavy atom. The van der Waals surface area contributed by atoms with Crippen molar-refractivity contribution in [1.29, 1.82) is 0 Å². The molecular formula is C14H22ClNO. The monoisotopic (exact) mass is 255 g/mol. The van der Waals surface area contributed by atoms with Gasteiger partial charge in [-0.05, 0) is 25.3 Å². The normalized spacial score (nSPS) is 11.8. The third-order valence-corrected chi connectivity index (χ3v) is 4.06. The second kappa shape index (κ2) is 6.27. The summed E-state index contributed by atoms with van der Waals surface area (Å²) in [6.07, 6.45) is 3.25. The van der Waals surface area contributed by atoms with Crippen molar-refractivity contribution in [3.05, 3.63) is 28.8 Å². The molecule has 0 radical (unpaired) electrons. The molecule has 0 fully saturated rings. The zero-order valence-corrected chi connectivity index (χ0v) is 11.6. The third-order valence-electron chi connectivity index (χ3n) is 3.75. The van der Waals surface area contributed by atoms with Crippen LogP contribution in [0.25, 0.3) is 0 Å². The van der Waals surface area contributed by atoms with Crippen molar-refractivity contribution < 1.29 is 5.11 Å². The zero-order chi connectivity index (χ0) is 12.9. The van der Waals surface area contributed by atoms with Gasteiger partial charge in [-0.2, -0.15) is 0 Å². The number of halogens is 1. The van der Waals surface area contributed by atoms with E-state index in [0.717, 1.165) is 24.8 Å². The average molecular weight is 256 g/mol. The second-order valence-corrected chi connectivity index (χ2v) is 4.85. The van der Waals surface area contributed by atoms with E-state index in [9.17, 15) is 5.11 Å². The molecule has 0 aliphatic heterocycles. The van der Waals surface area contributed by atoms with Crippen LogP contribution in [-0.4, -0.2) is 10.6 Å². The van der Waals surface area contributed by atoms with Crippen LogP contribution in [0.3, 0.4) is 0 Å².